The molecule has 0 atom stereocenters. The van der Waals surface area contributed by atoms with Crippen molar-refractivity contribution in [2.45, 2.75) is 26.7 Å². The van der Waals surface area contributed by atoms with Gasteiger partial charge in [0.05, 0.1) is 11.4 Å². The maximum Gasteiger partial charge on any atom is 2.00 e. The van der Waals surface area contributed by atoms with Gasteiger partial charge >= 0.3 is 21.1 Å². The predicted octanol–water partition coefficient (Wildman–Crippen LogP) is -0.341. The van der Waals surface area contributed by atoms with Crippen molar-refractivity contribution in [2.24, 2.45) is 21.8 Å². The van der Waals surface area contributed by atoms with Crippen molar-refractivity contribution in [1.29, 1.82) is 10.8 Å². The van der Waals surface area contributed by atoms with Crippen LogP contribution in [0.15, 0.2) is 108 Å². The molecule has 0 spiro atoms. The molecule has 0 bridgehead atoms. The van der Waals surface area contributed by atoms with Crippen LogP contribution < -0.4 is 41.7 Å². The van der Waals surface area contributed by atoms with Gasteiger partial charge in [-0.25, -0.2) is 0 Å². The average molecular weight is 762 g/mol. The molecule has 4 aromatic rings. The Labute approximate surface area is 262 Å². The van der Waals surface area contributed by atoms with Crippen molar-refractivity contribution >= 4 is 23.0 Å². The van der Waals surface area contributed by atoms with E-state index in [4.69, 9.17) is 22.3 Å². The average Bonchev–Trinajstić information content (AvgIpc) is 2.95. The Kier molecular flexibility index (Phi) is 21.4. The van der Waals surface area contributed by atoms with E-state index in [2.05, 4.69) is 51.7 Å². The van der Waals surface area contributed by atoms with Gasteiger partial charge < -0.3 is 36.3 Å². The number of rotatable bonds is 7. The molecule has 0 radical (unpaired) electrons. The first-order valence-electron chi connectivity index (χ1n) is 11.8. The normalized spacial score (nSPS) is 9.15. The van der Waals surface area contributed by atoms with Gasteiger partial charge in [-0.05, 0) is 84.6 Å². The molecule has 40 heavy (non-hydrogen) atoms. The van der Waals surface area contributed by atoms with Gasteiger partial charge in [-0.15, -0.1) is 5.11 Å². The number of nitrogen functional groups attached to an aromatic ring is 2. The van der Waals surface area contributed by atoms with Crippen molar-refractivity contribution in [1.82, 2.24) is 9.97 Å². The molecule has 0 fully saturated rings. The molecule has 0 aliphatic heterocycles. The molecule has 0 amide bonds. The Balaban J connectivity index is 0. The summed E-state index contributed by atoms with van der Waals surface area (Å²) in [5.41, 5.74) is 18.8. The van der Waals surface area contributed by atoms with Crippen molar-refractivity contribution in [2.75, 3.05) is 5.43 Å². The minimum absolute atomic E-state index is 0. The van der Waals surface area contributed by atoms with Crippen LogP contribution in [0.2, 0.25) is 0 Å². The zero-order chi connectivity index (χ0) is 26.9. The van der Waals surface area contributed by atoms with E-state index in [0.717, 1.165) is 18.5 Å². The molecule has 4 rings (SSSR count). The molecule has 12 heteroatoms. The Hall–Kier alpha value is -3.65. The second-order valence-electron chi connectivity index (χ2n) is 7.69. The second-order valence-corrected chi connectivity index (χ2v) is 7.69. The van der Waals surface area contributed by atoms with Gasteiger partial charge in [-0.2, -0.15) is 0 Å². The van der Waals surface area contributed by atoms with Crippen LogP contribution in [0.1, 0.15) is 36.1 Å². The van der Waals surface area contributed by atoms with Gasteiger partial charge in [0.1, 0.15) is 11.7 Å². The Morgan fingerprint density at radius 1 is 0.725 bits per heavy atom. The number of aromatic nitrogens is 2. The molecule has 0 unspecified atom stereocenters. The van der Waals surface area contributed by atoms with Gasteiger partial charge in [0.25, 0.3) is 0 Å². The monoisotopic (exact) mass is 760 g/mol. The van der Waals surface area contributed by atoms with Crippen LogP contribution >= 0.6 is 0 Å². The van der Waals surface area contributed by atoms with E-state index in [-0.39, 0.29) is 57.6 Å². The summed E-state index contributed by atoms with van der Waals surface area (Å²) in [6.07, 6.45) is 9.51. The largest absolute Gasteiger partial charge is 2.00 e. The van der Waals surface area contributed by atoms with Gasteiger partial charge in [0, 0.05) is 35.9 Å². The fourth-order valence-electron chi connectivity index (χ4n) is 2.79. The van der Waals surface area contributed by atoms with E-state index >= 15 is 0 Å². The summed E-state index contributed by atoms with van der Waals surface area (Å²) in [6.45, 7) is 4.24. The Morgan fingerprint density at radius 2 is 1.15 bits per heavy atom. The third kappa shape index (κ3) is 15.1. The maximum absolute atomic E-state index is 7.30. The number of anilines is 1. The number of hydrogen-bond acceptors (Lipinski definition) is 6. The summed E-state index contributed by atoms with van der Waals surface area (Å²) in [6, 6.07) is 21.9. The minimum Gasteiger partial charge on any atom is -1.00 e. The van der Waals surface area contributed by atoms with Crippen molar-refractivity contribution < 1.29 is 45.9 Å². The molecular weight excluding hydrogens is 728 g/mol. The van der Waals surface area contributed by atoms with E-state index in [1.54, 1.807) is 60.9 Å². The Morgan fingerprint density at radius 3 is 1.48 bits per heavy atom. The maximum atomic E-state index is 7.30. The van der Waals surface area contributed by atoms with Crippen LogP contribution in [0, 0.1) is 10.8 Å². The number of aryl methyl sites for hydroxylation is 2. The van der Waals surface area contributed by atoms with Crippen molar-refractivity contribution in [3.8, 4) is 0 Å². The first-order chi connectivity index (χ1) is 17.9. The quantitative estimate of drug-likeness (QED) is 0.0753. The number of nitrogens with one attached hydrogen (secondary N) is 3. The molecule has 2 aromatic carbocycles. The summed E-state index contributed by atoms with van der Waals surface area (Å²) in [5.74, 6) is 0.0379. The van der Waals surface area contributed by atoms with Crippen molar-refractivity contribution in [3.05, 3.63) is 120 Å². The summed E-state index contributed by atoms with van der Waals surface area (Å²) in [7, 11) is 0. The SMILES string of the molecule is CCc1cccnc1.CCc1cccnc1.N=C(N)c1ccc(N=NNc2ccc(C(=N)N)cc2)cc1.[Cl-].[Cl-].[Pt+2]. The molecule has 214 valence electrons. The minimum atomic E-state index is 0. The number of amidine groups is 2. The van der Waals surface area contributed by atoms with Crippen LogP contribution in [0.5, 0.6) is 0 Å². The molecule has 0 saturated heterocycles. The van der Waals surface area contributed by atoms with Crippen molar-refractivity contribution in [3.63, 3.8) is 0 Å². The topological polar surface area (TPSA) is 162 Å². The molecule has 9 nitrogen and oxygen atoms in total. The zero-order valence-corrected chi connectivity index (χ0v) is 26.0. The van der Waals surface area contributed by atoms with Crippen LogP contribution in [0.4, 0.5) is 11.4 Å². The predicted molar refractivity (Wildman–Crippen MR) is 150 cm³/mol. The summed E-state index contributed by atoms with van der Waals surface area (Å²) >= 11 is 0. The summed E-state index contributed by atoms with van der Waals surface area (Å²) in [5, 5.41) is 22.4. The third-order valence-corrected chi connectivity index (χ3v) is 4.98. The van der Waals surface area contributed by atoms with Gasteiger partial charge in [0.2, 0.25) is 0 Å². The summed E-state index contributed by atoms with van der Waals surface area (Å²) < 4.78 is 0. The van der Waals surface area contributed by atoms with Gasteiger partial charge in [-0.3, -0.25) is 26.2 Å². The molecular formula is C28H33Cl2N9Pt. The second kappa shape index (κ2) is 22.2. The van der Waals surface area contributed by atoms with Crippen LogP contribution in [0.3, 0.4) is 0 Å². The number of pyridine rings is 2. The standard InChI is InChI=1S/C14H15N7.2C7H9N.2ClH.Pt/c15-13(16)9-1-5-11(6-2-9)19-21-20-12-7-3-10(4-8-12)14(17)18;2*1-2-7-4-3-5-8-6-7;;;/h1-8H,(H3,15,16)(H3,17,18)(H,19,20);2*3-6H,2H2,1H3;2*1H;/q;;;;;+2/p-2. The fourth-order valence-corrected chi connectivity index (χ4v) is 2.79. The van der Waals surface area contributed by atoms with Gasteiger partial charge in [0.15, 0.2) is 0 Å². The van der Waals surface area contributed by atoms with E-state index in [1.165, 1.54) is 11.1 Å². The summed E-state index contributed by atoms with van der Waals surface area (Å²) in [4.78, 5) is 7.91. The number of nitrogens with two attached hydrogens (primary N) is 2. The molecule has 2 heterocycles. The van der Waals surface area contributed by atoms with Gasteiger partial charge in [-0.1, -0.05) is 31.2 Å². The van der Waals surface area contributed by atoms with Crippen LogP contribution in [0.25, 0.3) is 0 Å². The molecule has 0 aliphatic rings. The number of nitrogens with zero attached hydrogens (tertiary/aromatic N) is 4. The van der Waals surface area contributed by atoms with Crippen LogP contribution in [-0.2, 0) is 33.9 Å². The number of halogens is 2. The Bertz CT molecular complexity index is 1220. The smallest absolute Gasteiger partial charge is 1.00 e. The fraction of sp³-hybridized carbons (Fsp3) is 0.143. The molecule has 2 aromatic heterocycles. The molecule has 0 saturated carbocycles. The van der Waals surface area contributed by atoms with E-state index in [0.29, 0.717) is 16.8 Å². The molecule has 0 aliphatic carbocycles. The molecule has 7 N–H and O–H groups in total. The first-order valence-corrected chi connectivity index (χ1v) is 11.8. The van der Waals surface area contributed by atoms with Crippen LogP contribution in [-0.4, -0.2) is 21.6 Å². The zero-order valence-electron chi connectivity index (χ0n) is 22.2. The van der Waals surface area contributed by atoms with E-state index in [1.807, 2.05) is 24.5 Å². The first kappa shape index (κ1) is 38.5. The number of benzene rings is 2. The third-order valence-electron chi connectivity index (χ3n) is 4.98. The van der Waals surface area contributed by atoms with E-state index < -0.39 is 0 Å². The number of hydrogen-bond donors (Lipinski definition) is 5. The van der Waals surface area contributed by atoms with E-state index in [9.17, 15) is 0 Å².